The monoisotopic (exact) mass is 404 g/mol. The number of imidazole rings is 1. The predicted molar refractivity (Wildman–Crippen MR) is 123 cm³/mol. The number of hydrogen-bond donors (Lipinski definition) is 0. The Kier molecular flexibility index (Phi) is 4.74. The maximum absolute atomic E-state index is 5.70. The third-order valence-corrected chi connectivity index (χ3v) is 5.24. The average molecular weight is 404 g/mol. The quantitative estimate of drug-likeness (QED) is 0.378. The van der Waals surface area contributed by atoms with Gasteiger partial charge in [-0.25, -0.2) is 9.67 Å². The summed E-state index contributed by atoms with van der Waals surface area (Å²) >= 11 is 0. The highest BCUT2D eigenvalue weighted by molar-refractivity contribution is 5.85. The van der Waals surface area contributed by atoms with Crippen LogP contribution in [0.25, 0.3) is 39.4 Å². The van der Waals surface area contributed by atoms with Crippen LogP contribution in [0.15, 0.2) is 85.1 Å². The molecular weight excluding hydrogens is 384 g/mol. The Bertz CT molecular complexity index is 1390. The van der Waals surface area contributed by atoms with Gasteiger partial charge in [-0.1, -0.05) is 36.3 Å². The molecule has 0 radical (unpaired) electrons. The van der Waals surface area contributed by atoms with Crippen molar-refractivity contribution in [3.8, 4) is 46.4 Å². The molecule has 0 saturated carbocycles. The SMILES string of the molecule is C#CCn1c(-c2cn(-c3ccccc3)nc2-c2ccc(OC)cc2)nc2ccccc21. The highest BCUT2D eigenvalue weighted by atomic mass is 16.5. The van der Waals surface area contributed by atoms with E-state index in [4.69, 9.17) is 21.2 Å². The van der Waals surface area contributed by atoms with Crippen molar-refractivity contribution < 1.29 is 4.74 Å². The molecule has 0 aliphatic heterocycles. The van der Waals surface area contributed by atoms with E-state index in [0.717, 1.165) is 45.1 Å². The molecule has 0 fully saturated rings. The van der Waals surface area contributed by atoms with Gasteiger partial charge in [0.2, 0.25) is 0 Å². The van der Waals surface area contributed by atoms with Crippen molar-refractivity contribution in [2.75, 3.05) is 7.11 Å². The van der Waals surface area contributed by atoms with E-state index in [-0.39, 0.29) is 0 Å². The average Bonchev–Trinajstić information content (AvgIpc) is 3.42. The van der Waals surface area contributed by atoms with Crippen LogP contribution in [0.3, 0.4) is 0 Å². The van der Waals surface area contributed by atoms with Crippen LogP contribution in [0.1, 0.15) is 0 Å². The van der Waals surface area contributed by atoms with Gasteiger partial charge >= 0.3 is 0 Å². The molecule has 2 aromatic heterocycles. The highest BCUT2D eigenvalue weighted by Crippen LogP contribution is 2.34. The van der Waals surface area contributed by atoms with Gasteiger partial charge in [-0.05, 0) is 48.5 Å². The number of nitrogens with zero attached hydrogens (tertiary/aromatic N) is 4. The second-order valence-electron chi connectivity index (χ2n) is 7.11. The first-order valence-electron chi connectivity index (χ1n) is 9.97. The fourth-order valence-electron chi connectivity index (χ4n) is 3.75. The van der Waals surface area contributed by atoms with Crippen molar-refractivity contribution in [2.45, 2.75) is 6.54 Å². The van der Waals surface area contributed by atoms with E-state index in [2.05, 4.69) is 10.5 Å². The molecule has 0 unspecified atom stereocenters. The normalized spacial score (nSPS) is 10.8. The van der Waals surface area contributed by atoms with Crippen molar-refractivity contribution in [2.24, 2.45) is 0 Å². The van der Waals surface area contributed by atoms with Gasteiger partial charge in [0.1, 0.15) is 17.3 Å². The number of benzene rings is 3. The van der Waals surface area contributed by atoms with Gasteiger partial charge in [-0.2, -0.15) is 5.10 Å². The van der Waals surface area contributed by atoms with Crippen molar-refractivity contribution in [3.05, 3.63) is 85.1 Å². The minimum atomic E-state index is 0.425. The zero-order chi connectivity index (χ0) is 21.2. The number of aromatic nitrogens is 4. The van der Waals surface area contributed by atoms with Crippen molar-refractivity contribution >= 4 is 11.0 Å². The molecule has 0 bridgehead atoms. The Morgan fingerprint density at radius 2 is 1.68 bits per heavy atom. The first-order valence-corrected chi connectivity index (χ1v) is 9.97. The van der Waals surface area contributed by atoms with Crippen LogP contribution in [-0.2, 0) is 6.54 Å². The molecule has 0 saturated heterocycles. The van der Waals surface area contributed by atoms with Gasteiger partial charge in [0.05, 0.1) is 35.9 Å². The van der Waals surface area contributed by atoms with Gasteiger partial charge in [0.25, 0.3) is 0 Å². The summed E-state index contributed by atoms with van der Waals surface area (Å²) in [4.78, 5) is 4.92. The summed E-state index contributed by atoms with van der Waals surface area (Å²) in [6, 6.07) is 25.9. The Balaban J connectivity index is 1.76. The number of para-hydroxylation sites is 3. The second kappa shape index (κ2) is 7.85. The molecule has 5 heteroatoms. The molecule has 5 aromatic rings. The maximum atomic E-state index is 5.70. The van der Waals surface area contributed by atoms with Crippen LogP contribution in [-0.4, -0.2) is 26.4 Å². The molecule has 0 aliphatic rings. The molecular formula is C26H20N4O. The zero-order valence-corrected chi connectivity index (χ0v) is 17.1. The van der Waals surface area contributed by atoms with Crippen LogP contribution in [0.2, 0.25) is 0 Å². The van der Waals surface area contributed by atoms with Gasteiger partial charge in [0, 0.05) is 11.8 Å². The fourth-order valence-corrected chi connectivity index (χ4v) is 3.75. The lowest BCUT2D eigenvalue weighted by molar-refractivity contribution is 0.415. The molecule has 0 N–H and O–H groups in total. The lowest BCUT2D eigenvalue weighted by atomic mass is 10.1. The largest absolute Gasteiger partial charge is 0.497 e. The predicted octanol–water partition coefficient (Wildman–Crippen LogP) is 5.20. The van der Waals surface area contributed by atoms with E-state index in [1.807, 2.05) is 89.7 Å². The van der Waals surface area contributed by atoms with Crippen LogP contribution >= 0.6 is 0 Å². The van der Waals surface area contributed by atoms with E-state index in [9.17, 15) is 0 Å². The molecule has 2 heterocycles. The number of terminal acetylenes is 1. The topological polar surface area (TPSA) is 44.9 Å². The molecule has 0 aliphatic carbocycles. The van der Waals surface area contributed by atoms with Crippen molar-refractivity contribution in [3.63, 3.8) is 0 Å². The molecule has 0 atom stereocenters. The van der Waals surface area contributed by atoms with Crippen LogP contribution < -0.4 is 4.74 Å². The molecule has 3 aromatic carbocycles. The summed E-state index contributed by atoms with van der Waals surface area (Å²) in [7, 11) is 1.66. The lowest BCUT2D eigenvalue weighted by Crippen LogP contribution is -1.99. The van der Waals surface area contributed by atoms with E-state index in [1.54, 1.807) is 7.11 Å². The van der Waals surface area contributed by atoms with Crippen LogP contribution in [0.5, 0.6) is 5.75 Å². The zero-order valence-electron chi connectivity index (χ0n) is 17.1. The second-order valence-corrected chi connectivity index (χ2v) is 7.11. The molecule has 0 spiro atoms. The lowest BCUT2D eigenvalue weighted by Gasteiger charge is -2.06. The van der Waals surface area contributed by atoms with E-state index in [1.165, 1.54) is 0 Å². The van der Waals surface area contributed by atoms with Gasteiger partial charge in [-0.15, -0.1) is 6.42 Å². The Morgan fingerprint density at radius 3 is 2.42 bits per heavy atom. The smallest absolute Gasteiger partial charge is 0.145 e. The molecule has 31 heavy (non-hydrogen) atoms. The maximum Gasteiger partial charge on any atom is 0.145 e. The molecule has 5 rings (SSSR count). The van der Waals surface area contributed by atoms with E-state index >= 15 is 0 Å². The Hall–Kier alpha value is -4.30. The van der Waals surface area contributed by atoms with Gasteiger partial charge < -0.3 is 9.30 Å². The van der Waals surface area contributed by atoms with Crippen LogP contribution in [0.4, 0.5) is 0 Å². The summed E-state index contributed by atoms with van der Waals surface area (Å²) in [5, 5.41) is 4.92. The van der Waals surface area contributed by atoms with Gasteiger partial charge in [-0.3, -0.25) is 0 Å². The van der Waals surface area contributed by atoms with Crippen molar-refractivity contribution in [1.82, 2.24) is 19.3 Å². The van der Waals surface area contributed by atoms with Crippen LogP contribution in [0, 0.1) is 12.3 Å². The minimum Gasteiger partial charge on any atom is -0.497 e. The van der Waals surface area contributed by atoms with E-state index in [0.29, 0.717) is 6.54 Å². The number of hydrogen-bond acceptors (Lipinski definition) is 3. The minimum absolute atomic E-state index is 0.425. The summed E-state index contributed by atoms with van der Waals surface area (Å²) in [6.07, 6.45) is 7.72. The summed E-state index contributed by atoms with van der Waals surface area (Å²) in [5.41, 5.74) is 5.61. The number of ether oxygens (including phenoxy) is 1. The number of rotatable bonds is 5. The van der Waals surface area contributed by atoms with Gasteiger partial charge in [0.15, 0.2) is 0 Å². The summed E-state index contributed by atoms with van der Waals surface area (Å²) in [6.45, 7) is 0.425. The highest BCUT2D eigenvalue weighted by Gasteiger charge is 2.20. The number of fused-ring (bicyclic) bond motifs is 1. The third kappa shape index (κ3) is 3.34. The first-order chi connectivity index (χ1) is 15.3. The van der Waals surface area contributed by atoms with E-state index < -0.39 is 0 Å². The number of methoxy groups -OCH3 is 1. The molecule has 0 amide bonds. The molecule has 150 valence electrons. The Morgan fingerprint density at radius 1 is 0.935 bits per heavy atom. The Labute approximate surface area is 180 Å². The first kappa shape index (κ1) is 18.7. The fraction of sp³-hybridized carbons (Fsp3) is 0.0769. The summed E-state index contributed by atoms with van der Waals surface area (Å²) < 4.78 is 9.27. The molecule has 5 nitrogen and oxygen atoms in total. The standard InChI is InChI=1S/C26H20N4O/c1-3-17-29-24-12-8-7-11-23(24)27-26(29)22-18-30(20-9-5-4-6-10-20)28-25(22)19-13-15-21(31-2)16-14-19/h1,4-16,18H,17H2,2H3. The summed E-state index contributed by atoms with van der Waals surface area (Å²) in [5.74, 6) is 4.36. The third-order valence-electron chi connectivity index (χ3n) is 5.24. The van der Waals surface area contributed by atoms with Crippen molar-refractivity contribution in [1.29, 1.82) is 0 Å².